The van der Waals surface area contributed by atoms with E-state index in [0.29, 0.717) is 22.3 Å². The molecule has 0 spiro atoms. The van der Waals surface area contributed by atoms with Crippen molar-refractivity contribution in [3.05, 3.63) is 230 Å². The van der Waals surface area contributed by atoms with Crippen molar-refractivity contribution in [1.29, 1.82) is 0 Å². The summed E-state index contributed by atoms with van der Waals surface area (Å²) in [5.74, 6) is -0.137. The third kappa shape index (κ3) is 7.08. The lowest BCUT2D eigenvalue weighted by Crippen LogP contribution is -2.27. The molecule has 0 unspecified atom stereocenters. The van der Waals surface area contributed by atoms with Gasteiger partial charge in [0.25, 0.3) is 0 Å². The van der Waals surface area contributed by atoms with Crippen LogP contribution in [-0.2, 0) is 12.4 Å². The normalized spacial score (nSPS) is 12.2. The first kappa shape index (κ1) is 44.4. The van der Waals surface area contributed by atoms with E-state index in [0.717, 1.165) is 0 Å². The van der Waals surface area contributed by atoms with Gasteiger partial charge in [0.1, 0.15) is 34.4 Å². The second-order valence-electron chi connectivity index (χ2n) is 17.6. The Morgan fingerprint density at radius 3 is 0.635 bits per heavy atom. The lowest BCUT2D eigenvalue weighted by molar-refractivity contribution is -0.141. The fourth-order valence-corrected chi connectivity index (χ4v) is 10.2. The van der Waals surface area contributed by atoms with Crippen LogP contribution < -0.4 is 0 Å². The number of imidazole rings is 4. The molecule has 358 valence electrons. The topological polar surface area (TPSA) is 71.3 Å². The molecule has 0 fully saturated rings. The van der Waals surface area contributed by atoms with Gasteiger partial charge in [0.2, 0.25) is 0 Å². The minimum absolute atomic E-state index is 0.0344. The first-order valence-electron chi connectivity index (χ1n) is 23.6. The molecule has 4 aromatic heterocycles. The zero-order valence-corrected chi connectivity index (χ0v) is 38.6. The van der Waals surface area contributed by atoms with Crippen LogP contribution in [0.2, 0.25) is 0 Å². The van der Waals surface area contributed by atoms with E-state index in [1.165, 1.54) is 18.3 Å². The van der Waals surface area contributed by atoms with Crippen LogP contribution in [0.1, 0.15) is 11.1 Å². The molecule has 0 atom stereocenters. The van der Waals surface area contributed by atoms with Gasteiger partial charge >= 0.3 is 12.4 Å². The molecule has 0 radical (unpaired) electrons. The first-order chi connectivity index (χ1) is 36.0. The van der Waals surface area contributed by atoms with Gasteiger partial charge in [-0.2, -0.15) is 26.3 Å². The first-order valence-corrected chi connectivity index (χ1v) is 23.6. The standard InChI is InChI=1S/C60H36F6N8/c61-59(62,63)49-51(71-45-33-17-13-29-41(45)67-55(71)37-21-5-1-6-22-37)52(72-46-34-18-14-30-42(46)68-56(72)38-23-7-2-8-24-38)50(60(64,65)66)54(74-48-36-20-16-32-44(48)70-58(74)40-27-11-4-12-28-40)53(49)73-47-35-19-15-31-43(47)69-57(73)39-25-9-3-10-26-39/h1-36H. The van der Waals surface area contributed by atoms with Crippen LogP contribution in [0.25, 0.3) is 112 Å². The van der Waals surface area contributed by atoms with E-state index < -0.39 is 46.2 Å². The number of alkyl halides is 6. The zero-order chi connectivity index (χ0) is 50.3. The van der Waals surface area contributed by atoms with E-state index >= 15 is 26.3 Å². The molecule has 0 amide bonds. The quantitative estimate of drug-likeness (QED) is 0.142. The summed E-state index contributed by atoms with van der Waals surface area (Å²) in [5, 5.41) is 0. The van der Waals surface area contributed by atoms with Crippen molar-refractivity contribution in [2.75, 3.05) is 0 Å². The summed E-state index contributed by atoms with van der Waals surface area (Å²) in [4.78, 5) is 19.9. The number of benzene rings is 9. The number of hydrogen-bond acceptors (Lipinski definition) is 4. The van der Waals surface area contributed by atoms with Gasteiger partial charge in [-0.15, -0.1) is 0 Å². The molecule has 13 rings (SSSR count). The third-order valence-electron chi connectivity index (χ3n) is 13.2. The molecule has 0 aliphatic rings. The average Bonchev–Trinajstić information content (AvgIpc) is 4.23. The highest BCUT2D eigenvalue weighted by atomic mass is 19.4. The van der Waals surface area contributed by atoms with Gasteiger partial charge in [-0.25, -0.2) is 19.9 Å². The molecule has 0 aliphatic carbocycles. The van der Waals surface area contributed by atoms with E-state index in [1.807, 2.05) is 0 Å². The smallest absolute Gasteiger partial charge is 0.289 e. The van der Waals surface area contributed by atoms with Gasteiger partial charge in [-0.05, 0) is 48.5 Å². The molecule has 0 saturated carbocycles. The summed E-state index contributed by atoms with van der Waals surface area (Å²) in [7, 11) is 0. The van der Waals surface area contributed by atoms with Gasteiger partial charge in [0.05, 0.1) is 66.9 Å². The van der Waals surface area contributed by atoms with Crippen molar-refractivity contribution in [2.45, 2.75) is 12.4 Å². The Morgan fingerprint density at radius 1 is 0.243 bits per heavy atom. The maximum absolute atomic E-state index is 18.1. The summed E-state index contributed by atoms with van der Waals surface area (Å²) in [6.45, 7) is 0. The SMILES string of the molecule is FC(F)(F)c1c(-n2c(-c3ccccc3)nc3ccccc32)c(-n2c(-c3ccccc3)nc3ccccc32)c(C(F)(F)F)c(-n2c(-c3ccccc3)nc3ccccc32)c1-n1c(-c2ccccc2)nc2ccccc21. The van der Waals surface area contributed by atoms with E-state index in [1.54, 1.807) is 218 Å². The molecule has 8 nitrogen and oxygen atoms in total. The fourth-order valence-electron chi connectivity index (χ4n) is 10.2. The second kappa shape index (κ2) is 17.1. The van der Waals surface area contributed by atoms with Gasteiger partial charge in [-0.3, -0.25) is 18.3 Å². The summed E-state index contributed by atoms with van der Waals surface area (Å²) in [5.41, 5.74) is -3.36. The minimum atomic E-state index is -5.45. The molecular formula is C60H36F6N8. The molecular weight excluding hydrogens is 947 g/mol. The predicted molar refractivity (Wildman–Crippen MR) is 277 cm³/mol. The Kier molecular flexibility index (Phi) is 10.2. The van der Waals surface area contributed by atoms with Crippen LogP contribution in [0.4, 0.5) is 26.3 Å². The highest BCUT2D eigenvalue weighted by Crippen LogP contribution is 2.55. The largest absolute Gasteiger partial charge is 0.420 e. The summed E-state index contributed by atoms with van der Waals surface area (Å²) in [6.07, 6.45) is -10.9. The molecule has 0 saturated heterocycles. The summed E-state index contributed by atoms with van der Waals surface area (Å²) >= 11 is 0. The number of para-hydroxylation sites is 8. The zero-order valence-electron chi connectivity index (χ0n) is 38.6. The second-order valence-corrected chi connectivity index (χ2v) is 17.6. The van der Waals surface area contributed by atoms with Crippen molar-refractivity contribution >= 4 is 44.1 Å². The molecule has 9 aromatic carbocycles. The maximum Gasteiger partial charge on any atom is 0.420 e. The molecule has 74 heavy (non-hydrogen) atoms. The Labute approximate surface area is 417 Å². The number of aromatic nitrogens is 8. The van der Waals surface area contributed by atoms with Gasteiger partial charge < -0.3 is 0 Å². The molecule has 14 heteroatoms. The van der Waals surface area contributed by atoms with Crippen LogP contribution >= 0.6 is 0 Å². The van der Waals surface area contributed by atoms with E-state index in [2.05, 4.69) is 0 Å². The molecule has 13 aromatic rings. The number of nitrogens with zero attached hydrogens (tertiary/aromatic N) is 8. The van der Waals surface area contributed by atoms with Crippen LogP contribution in [0, 0.1) is 0 Å². The Balaban J connectivity index is 1.40. The van der Waals surface area contributed by atoms with E-state index in [-0.39, 0.29) is 67.4 Å². The number of rotatable bonds is 8. The number of hydrogen-bond donors (Lipinski definition) is 0. The Morgan fingerprint density at radius 2 is 0.432 bits per heavy atom. The highest BCUT2D eigenvalue weighted by molar-refractivity contribution is 5.96. The lowest BCUT2D eigenvalue weighted by Gasteiger charge is -2.32. The van der Waals surface area contributed by atoms with Crippen molar-refractivity contribution in [3.63, 3.8) is 0 Å². The van der Waals surface area contributed by atoms with Crippen molar-refractivity contribution in [2.24, 2.45) is 0 Å². The molecule has 0 aliphatic heterocycles. The Hall–Kier alpha value is -9.56. The van der Waals surface area contributed by atoms with Gasteiger partial charge in [0.15, 0.2) is 0 Å². The van der Waals surface area contributed by atoms with Crippen LogP contribution in [0.5, 0.6) is 0 Å². The summed E-state index contributed by atoms with van der Waals surface area (Å²) in [6, 6.07) is 60.1. The fraction of sp³-hybridized carbons (Fsp3) is 0.0333. The van der Waals surface area contributed by atoms with Crippen LogP contribution in [0.15, 0.2) is 218 Å². The lowest BCUT2D eigenvalue weighted by atomic mass is 9.95. The molecule has 4 heterocycles. The van der Waals surface area contributed by atoms with Gasteiger partial charge in [0, 0.05) is 22.3 Å². The highest BCUT2D eigenvalue weighted by Gasteiger charge is 2.50. The maximum atomic E-state index is 18.1. The van der Waals surface area contributed by atoms with Gasteiger partial charge in [-0.1, -0.05) is 170 Å². The Bertz CT molecular complexity index is 3730. The number of fused-ring (bicyclic) bond motifs is 4. The van der Waals surface area contributed by atoms with Crippen molar-refractivity contribution in [1.82, 2.24) is 38.2 Å². The van der Waals surface area contributed by atoms with E-state index in [9.17, 15) is 0 Å². The average molecular weight is 983 g/mol. The predicted octanol–water partition coefficient (Wildman–Crippen LogP) is 15.7. The van der Waals surface area contributed by atoms with E-state index in [4.69, 9.17) is 19.9 Å². The van der Waals surface area contributed by atoms with Crippen molar-refractivity contribution < 1.29 is 26.3 Å². The van der Waals surface area contributed by atoms with Crippen LogP contribution in [-0.4, -0.2) is 38.2 Å². The third-order valence-corrected chi connectivity index (χ3v) is 13.2. The number of halogens is 6. The molecule has 0 bridgehead atoms. The van der Waals surface area contributed by atoms with Crippen molar-refractivity contribution in [3.8, 4) is 68.3 Å². The summed E-state index contributed by atoms with van der Waals surface area (Å²) < 4.78 is 114. The molecule has 0 N–H and O–H groups in total. The minimum Gasteiger partial charge on any atom is -0.289 e. The monoisotopic (exact) mass is 982 g/mol. The van der Waals surface area contributed by atoms with Crippen LogP contribution in [0.3, 0.4) is 0 Å².